The van der Waals surface area contributed by atoms with Crippen LogP contribution in [0.15, 0.2) is 47.6 Å². The van der Waals surface area contributed by atoms with Gasteiger partial charge in [-0.05, 0) is 49.4 Å². The Morgan fingerprint density at radius 1 is 1.17 bits per heavy atom. The number of nitrogens with zero attached hydrogens (tertiary/aromatic N) is 1. The van der Waals surface area contributed by atoms with Crippen LogP contribution in [0.5, 0.6) is 5.75 Å². The zero-order valence-corrected chi connectivity index (χ0v) is 13.6. The van der Waals surface area contributed by atoms with Crippen molar-refractivity contribution in [2.45, 2.75) is 13.5 Å². The number of amidine groups is 1. The van der Waals surface area contributed by atoms with Crippen LogP contribution in [0.2, 0.25) is 5.02 Å². The van der Waals surface area contributed by atoms with Gasteiger partial charge < -0.3 is 15.3 Å². The smallest absolute Gasteiger partial charge is 0.170 e. The molecule has 23 heavy (non-hydrogen) atoms. The van der Waals surface area contributed by atoms with Crippen molar-refractivity contribution >= 4 is 23.2 Å². The number of ketones is 1. The lowest BCUT2D eigenvalue weighted by Crippen LogP contribution is -2.13. The molecule has 0 aliphatic heterocycles. The average molecular weight is 333 g/mol. The fourth-order valence-corrected chi connectivity index (χ4v) is 2.08. The van der Waals surface area contributed by atoms with E-state index >= 15 is 0 Å². The molecule has 2 aromatic rings. The topological polar surface area (TPSA) is 73.9 Å². The summed E-state index contributed by atoms with van der Waals surface area (Å²) in [5.41, 5.74) is 7.86. The minimum Gasteiger partial charge on any atom is -0.496 e. The number of halogens is 1. The summed E-state index contributed by atoms with van der Waals surface area (Å²) in [4.78, 5) is 16.7. The maximum Gasteiger partial charge on any atom is 0.170 e. The van der Waals surface area contributed by atoms with Crippen molar-refractivity contribution in [3.63, 3.8) is 0 Å². The third-order valence-electron chi connectivity index (χ3n) is 3.21. The highest BCUT2D eigenvalue weighted by molar-refractivity contribution is 6.30. The maximum atomic E-state index is 11.5. The minimum absolute atomic E-state index is 0.0296. The van der Waals surface area contributed by atoms with Gasteiger partial charge in [0, 0.05) is 21.7 Å². The SMILES string of the molecule is COc1ccc(C(C)=O)cc1CON=C(N)c1ccc(Cl)cc1. The molecule has 2 N–H and O–H groups in total. The summed E-state index contributed by atoms with van der Waals surface area (Å²) in [5.74, 6) is 0.830. The average Bonchev–Trinajstić information content (AvgIpc) is 2.55. The van der Waals surface area contributed by atoms with E-state index in [2.05, 4.69) is 5.16 Å². The molecule has 2 rings (SSSR count). The maximum absolute atomic E-state index is 11.5. The number of carbonyl (C=O) groups is 1. The van der Waals surface area contributed by atoms with Crippen LogP contribution < -0.4 is 10.5 Å². The van der Waals surface area contributed by atoms with Gasteiger partial charge in [-0.1, -0.05) is 16.8 Å². The molecule has 5 nitrogen and oxygen atoms in total. The van der Waals surface area contributed by atoms with Gasteiger partial charge in [0.2, 0.25) is 0 Å². The molecular weight excluding hydrogens is 316 g/mol. The van der Waals surface area contributed by atoms with Crippen LogP contribution in [0.3, 0.4) is 0 Å². The summed E-state index contributed by atoms with van der Waals surface area (Å²) in [6.45, 7) is 1.64. The number of nitrogens with two attached hydrogens (primary N) is 1. The Labute approximate surface area is 139 Å². The molecule has 0 aromatic heterocycles. The van der Waals surface area contributed by atoms with Gasteiger partial charge >= 0.3 is 0 Å². The number of methoxy groups -OCH3 is 1. The van der Waals surface area contributed by atoms with Gasteiger partial charge in [0.05, 0.1) is 7.11 Å². The molecule has 6 heteroatoms. The van der Waals surface area contributed by atoms with Gasteiger partial charge in [-0.15, -0.1) is 0 Å². The number of Topliss-reactive ketones (excluding diaryl/α,β-unsaturated/α-hetero) is 1. The second kappa shape index (κ2) is 7.65. The van der Waals surface area contributed by atoms with Gasteiger partial charge in [-0.3, -0.25) is 4.79 Å². The van der Waals surface area contributed by atoms with Crippen LogP contribution in [0.25, 0.3) is 0 Å². The Morgan fingerprint density at radius 3 is 2.43 bits per heavy atom. The fourth-order valence-electron chi connectivity index (χ4n) is 1.96. The van der Waals surface area contributed by atoms with Crippen LogP contribution in [-0.4, -0.2) is 18.7 Å². The van der Waals surface area contributed by atoms with E-state index in [-0.39, 0.29) is 18.2 Å². The predicted molar refractivity (Wildman–Crippen MR) is 90.0 cm³/mol. The van der Waals surface area contributed by atoms with Gasteiger partial charge in [-0.2, -0.15) is 0 Å². The third-order valence-corrected chi connectivity index (χ3v) is 3.46. The fraction of sp³-hybridized carbons (Fsp3) is 0.176. The number of hydrogen-bond acceptors (Lipinski definition) is 4. The standard InChI is InChI=1S/C17H17ClN2O3/c1-11(21)13-5-8-16(22-2)14(9-13)10-23-20-17(19)12-3-6-15(18)7-4-12/h3-9H,10H2,1-2H3,(H2,19,20). The van der Waals surface area contributed by atoms with Gasteiger partial charge in [-0.25, -0.2) is 0 Å². The number of benzene rings is 2. The quantitative estimate of drug-likeness (QED) is 0.381. The number of oxime groups is 1. The molecule has 0 saturated heterocycles. The van der Waals surface area contributed by atoms with Crippen molar-refractivity contribution in [2.75, 3.05) is 7.11 Å². The number of carbonyl (C=O) groups excluding carboxylic acids is 1. The molecule has 0 fully saturated rings. The summed E-state index contributed by atoms with van der Waals surface area (Å²) in [7, 11) is 1.55. The second-order valence-corrected chi connectivity index (χ2v) is 5.28. The Balaban J connectivity index is 2.10. The third kappa shape index (κ3) is 4.47. The van der Waals surface area contributed by atoms with Crippen LogP contribution in [-0.2, 0) is 11.4 Å². The Hall–Kier alpha value is -2.53. The minimum atomic E-state index is -0.0296. The molecule has 0 amide bonds. The van der Waals surface area contributed by atoms with E-state index in [0.29, 0.717) is 27.5 Å². The Kier molecular flexibility index (Phi) is 5.60. The highest BCUT2D eigenvalue weighted by Crippen LogP contribution is 2.21. The predicted octanol–water partition coefficient (Wildman–Crippen LogP) is 3.39. The van der Waals surface area contributed by atoms with Crippen LogP contribution in [0.1, 0.15) is 28.4 Å². The molecule has 0 bridgehead atoms. The molecule has 0 heterocycles. The highest BCUT2D eigenvalue weighted by atomic mass is 35.5. The monoisotopic (exact) mass is 332 g/mol. The lowest BCUT2D eigenvalue weighted by atomic mass is 10.1. The molecule has 0 unspecified atom stereocenters. The van der Waals surface area contributed by atoms with Crippen molar-refractivity contribution in [3.05, 3.63) is 64.2 Å². The van der Waals surface area contributed by atoms with E-state index in [4.69, 9.17) is 26.9 Å². The molecule has 0 aliphatic carbocycles. The Bertz CT molecular complexity index is 727. The van der Waals surface area contributed by atoms with Crippen molar-refractivity contribution in [1.29, 1.82) is 0 Å². The molecule has 120 valence electrons. The molecular formula is C17H17ClN2O3. The molecule has 0 aliphatic rings. The van der Waals surface area contributed by atoms with Gasteiger partial charge in [0.1, 0.15) is 12.4 Å². The van der Waals surface area contributed by atoms with Crippen molar-refractivity contribution in [2.24, 2.45) is 10.9 Å². The van der Waals surface area contributed by atoms with Gasteiger partial charge in [0.15, 0.2) is 11.6 Å². The summed E-state index contributed by atoms with van der Waals surface area (Å²) < 4.78 is 5.25. The van der Waals surface area contributed by atoms with E-state index in [9.17, 15) is 4.79 Å². The van der Waals surface area contributed by atoms with Crippen molar-refractivity contribution in [1.82, 2.24) is 0 Å². The lowest BCUT2D eigenvalue weighted by molar-refractivity contribution is 0.101. The van der Waals surface area contributed by atoms with Gasteiger partial charge in [0.25, 0.3) is 0 Å². The normalized spacial score (nSPS) is 11.2. The lowest BCUT2D eigenvalue weighted by Gasteiger charge is -2.09. The van der Waals surface area contributed by atoms with Crippen LogP contribution in [0, 0.1) is 0 Å². The molecule has 0 atom stereocenters. The number of ether oxygens (including phenoxy) is 1. The zero-order chi connectivity index (χ0) is 16.8. The van der Waals surface area contributed by atoms with Crippen molar-refractivity contribution < 1.29 is 14.4 Å². The van der Waals surface area contributed by atoms with Crippen LogP contribution >= 0.6 is 11.6 Å². The molecule has 0 spiro atoms. The summed E-state index contributed by atoms with van der Waals surface area (Å²) in [5, 5.41) is 4.50. The summed E-state index contributed by atoms with van der Waals surface area (Å²) in [6.07, 6.45) is 0. The van der Waals surface area contributed by atoms with E-state index in [0.717, 1.165) is 0 Å². The summed E-state index contributed by atoms with van der Waals surface area (Å²) >= 11 is 5.82. The highest BCUT2D eigenvalue weighted by Gasteiger charge is 2.08. The zero-order valence-electron chi connectivity index (χ0n) is 12.9. The second-order valence-electron chi connectivity index (χ2n) is 4.84. The van der Waals surface area contributed by atoms with E-state index in [1.165, 1.54) is 6.92 Å². The van der Waals surface area contributed by atoms with E-state index < -0.39 is 0 Å². The van der Waals surface area contributed by atoms with Crippen molar-refractivity contribution in [3.8, 4) is 5.75 Å². The summed E-state index contributed by atoms with van der Waals surface area (Å²) in [6, 6.07) is 12.1. The largest absolute Gasteiger partial charge is 0.496 e. The number of hydrogen-bond donors (Lipinski definition) is 1. The first-order chi connectivity index (χ1) is 11.0. The molecule has 0 radical (unpaired) electrons. The first kappa shape index (κ1) is 16.8. The van der Waals surface area contributed by atoms with Crippen LogP contribution in [0.4, 0.5) is 0 Å². The van der Waals surface area contributed by atoms with E-state index in [1.807, 2.05) is 0 Å². The van der Waals surface area contributed by atoms with E-state index in [1.54, 1.807) is 49.6 Å². The molecule has 0 saturated carbocycles. The first-order valence-electron chi connectivity index (χ1n) is 6.90. The Morgan fingerprint density at radius 2 is 1.83 bits per heavy atom. The first-order valence-corrected chi connectivity index (χ1v) is 7.28. The molecule has 2 aromatic carbocycles. The number of rotatable bonds is 6.